The molecule has 0 atom stereocenters. The minimum atomic E-state index is 1.26. The lowest BCUT2D eigenvalue weighted by Gasteiger charge is -2.04. The van der Waals surface area contributed by atoms with Gasteiger partial charge in [0, 0.05) is 4.90 Å². The number of rotatable bonds is 12. The average molecular weight is 329 g/mol. The molecule has 0 saturated heterocycles. The molecule has 0 aliphatic rings. The quantitative estimate of drug-likeness (QED) is 0.282. The Morgan fingerprint density at radius 1 is 0.652 bits per heavy atom. The molecular formula is C22H32S. The zero-order valence-corrected chi connectivity index (χ0v) is 15.5. The molecule has 2 aromatic carbocycles. The summed E-state index contributed by atoms with van der Waals surface area (Å²) in [4.78, 5) is 1.42. The number of unbranched alkanes of at least 4 members (excludes halogenated alkanes) is 9. The van der Waals surface area contributed by atoms with E-state index in [1.165, 1.54) is 85.6 Å². The van der Waals surface area contributed by atoms with Crippen LogP contribution >= 0.6 is 11.8 Å². The van der Waals surface area contributed by atoms with Gasteiger partial charge in [-0.1, -0.05) is 95.0 Å². The topological polar surface area (TPSA) is 0 Å². The Hall–Kier alpha value is -0.950. The summed E-state index contributed by atoms with van der Waals surface area (Å²) in [7, 11) is 0. The summed E-state index contributed by atoms with van der Waals surface area (Å²) in [5.41, 5.74) is 0. The lowest BCUT2D eigenvalue weighted by Crippen LogP contribution is -1.84. The third-order valence-electron chi connectivity index (χ3n) is 4.49. The fourth-order valence-electron chi connectivity index (χ4n) is 3.04. The third-order valence-corrected chi connectivity index (χ3v) is 5.57. The number of hydrogen-bond acceptors (Lipinski definition) is 1. The van der Waals surface area contributed by atoms with Crippen LogP contribution in [0.25, 0.3) is 10.8 Å². The zero-order valence-electron chi connectivity index (χ0n) is 14.7. The summed E-state index contributed by atoms with van der Waals surface area (Å²) < 4.78 is 0. The highest BCUT2D eigenvalue weighted by Crippen LogP contribution is 2.24. The molecule has 0 aliphatic heterocycles. The average Bonchev–Trinajstić information content (AvgIpc) is 2.59. The van der Waals surface area contributed by atoms with Crippen molar-refractivity contribution < 1.29 is 0 Å². The molecule has 2 rings (SSSR count). The maximum absolute atomic E-state index is 2.33. The van der Waals surface area contributed by atoms with Crippen LogP contribution in [0.1, 0.15) is 71.1 Å². The van der Waals surface area contributed by atoms with E-state index in [1.54, 1.807) is 0 Å². The molecule has 0 heterocycles. The van der Waals surface area contributed by atoms with Crippen LogP contribution in [0, 0.1) is 0 Å². The molecule has 0 fully saturated rings. The molecule has 0 amide bonds. The second-order valence-electron chi connectivity index (χ2n) is 6.54. The second-order valence-corrected chi connectivity index (χ2v) is 7.71. The molecule has 0 saturated carbocycles. The number of fused-ring (bicyclic) bond motifs is 1. The van der Waals surface area contributed by atoms with Gasteiger partial charge in [-0.25, -0.2) is 0 Å². The summed E-state index contributed by atoms with van der Waals surface area (Å²) in [5.74, 6) is 1.26. The third kappa shape index (κ3) is 7.44. The van der Waals surface area contributed by atoms with Gasteiger partial charge in [0.05, 0.1) is 0 Å². The van der Waals surface area contributed by atoms with Crippen LogP contribution in [0.15, 0.2) is 47.4 Å². The minimum Gasteiger partial charge on any atom is -0.126 e. The van der Waals surface area contributed by atoms with Crippen molar-refractivity contribution in [3.8, 4) is 0 Å². The largest absolute Gasteiger partial charge is 0.126 e. The van der Waals surface area contributed by atoms with Gasteiger partial charge in [0.15, 0.2) is 0 Å². The Bertz CT molecular complexity index is 546. The highest BCUT2D eigenvalue weighted by Gasteiger charge is 1.98. The first kappa shape index (κ1) is 18.4. The first-order valence-corrected chi connectivity index (χ1v) is 10.5. The van der Waals surface area contributed by atoms with Crippen molar-refractivity contribution in [3.63, 3.8) is 0 Å². The van der Waals surface area contributed by atoms with Gasteiger partial charge in [-0.2, -0.15) is 0 Å². The SMILES string of the molecule is CCCCCCCCCCCCSc1ccc2ccccc2c1. The Kier molecular flexibility index (Phi) is 9.25. The first-order chi connectivity index (χ1) is 11.4. The number of benzene rings is 2. The van der Waals surface area contributed by atoms with Gasteiger partial charge in [-0.15, -0.1) is 11.8 Å². The summed E-state index contributed by atoms with van der Waals surface area (Å²) in [6, 6.07) is 15.5. The van der Waals surface area contributed by atoms with Crippen molar-refractivity contribution in [3.05, 3.63) is 42.5 Å². The Labute approximate surface area is 147 Å². The van der Waals surface area contributed by atoms with Crippen LogP contribution in [-0.4, -0.2) is 5.75 Å². The van der Waals surface area contributed by atoms with Crippen LogP contribution in [0.3, 0.4) is 0 Å². The molecule has 23 heavy (non-hydrogen) atoms. The predicted molar refractivity (Wildman–Crippen MR) is 107 cm³/mol. The van der Waals surface area contributed by atoms with Crippen molar-refractivity contribution in [2.45, 2.75) is 76.0 Å². The van der Waals surface area contributed by atoms with Crippen molar-refractivity contribution in [1.82, 2.24) is 0 Å². The Morgan fingerprint density at radius 3 is 1.96 bits per heavy atom. The standard InChI is InChI=1S/C22H32S/c1-2-3-4-5-6-7-8-9-10-13-18-23-22-17-16-20-14-11-12-15-21(20)19-22/h11-12,14-17,19H,2-10,13,18H2,1H3. The number of hydrogen-bond donors (Lipinski definition) is 0. The van der Waals surface area contributed by atoms with E-state index in [4.69, 9.17) is 0 Å². The van der Waals surface area contributed by atoms with Crippen LogP contribution in [0.4, 0.5) is 0 Å². The molecule has 0 spiro atoms. The molecule has 0 radical (unpaired) electrons. The maximum Gasteiger partial charge on any atom is 0.00783 e. The normalized spacial score (nSPS) is 11.2. The van der Waals surface area contributed by atoms with Gasteiger partial charge in [0.1, 0.15) is 0 Å². The second kappa shape index (κ2) is 11.6. The molecule has 0 nitrogen and oxygen atoms in total. The lowest BCUT2D eigenvalue weighted by molar-refractivity contribution is 0.563. The van der Waals surface area contributed by atoms with Gasteiger partial charge in [0.25, 0.3) is 0 Å². The molecule has 0 bridgehead atoms. The van der Waals surface area contributed by atoms with Crippen LogP contribution in [-0.2, 0) is 0 Å². The van der Waals surface area contributed by atoms with E-state index in [1.807, 2.05) is 11.8 Å². The molecule has 126 valence electrons. The van der Waals surface area contributed by atoms with Crippen molar-refractivity contribution in [2.75, 3.05) is 5.75 Å². The molecular weight excluding hydrogens is 296 g/mol. The smallest absolute Gasteiger partial charge is 0.00783 e. The van der Waals surface area contributed by atoms with E-state index in [0.717, 1.165) is 0 Å². The van der Waals surface area contributed by atoms with E-state index in [0.29, 0.717) is 0 Å². The van der Waals surface area contributed by atoms with Gasteiger partial charge in [0.2, 0.25) is 0 Å². The molecule has 0 aromatic heterocycles. The lowest BCUT2D eigenvalue weighted by atomic mass is 10.1. The van der Waals surface area contributed by atoms with Crippen LogP contribution < -0.4 is 0 Å². The fourth-order valence-corrected chi connectivity index (χ4v) is 4.00. The molecule has 1 heteroatoms. The zero-order chi connectivity index (χ0) is 16.2. The van der Waals surface area contributed by atoms with Gasteiger partial charge >= 0.3 is 0 Å². The summed E-state index contributed by atoms with van der Waals surface area (Å²) in [5, 5.41) is 2.70. The number of thioether (sulfide) groups is 1. The molecule has 0 N–H and O–H groups in total. The Morgan fingerprint density at radius 2 is 1.26 bits per heavy atom. The Balaban J connectivity index is 1.50. The van der Waals surface area contributed by atoms with Crippen molar-refractivity contribution in [2.24, 2.45) is 0 Å². The van der Waals surface area contributed by atoms with Crippen molar-refractivity contribution >= 4 is 22.5 Å². The summed E-state index contributed by atoms with van der Waals surface area (Å²) >= 11 is 2.01. The highest BCUT2D eigenvalue weighted by molar-refractivity contribution is 7.99. The van der Waals surface area contributed by atoms with Crippen LogP contribution in [0.5, 0.6) is 0 Å². The highest BCUT2D eigenvalue weighted by atomic mass is 32.2. The summed E-state index contributed by atoms with van der Waals surface area (Å²) in [6.07, 6.45) is 14.2. The minimum absolute atomic E-state index is 1.26. The maximum atomic E-state index is 2.33. The van der Waals surface area contributed by atoms with Gasteiger partial charge in [-0.05, 0) is 35.1 Å². The van der Waals surface area contributed by atoms with E-state index in [9.17, 15) is 0 Å². The monoisotopic (exact) mass is 328 g/mol. The first-order valence-electron chi connectivity index (χ1n) is 9.52. The predicted octanol–water partition coefficient (Wildman–Crippen LogP) is 7.85. The molecule has 2 aromatic rings. The van der Waals surface area contributed by atoms with E-state index < -0.39 is 0 Å². The molecule has 0 unspecified atom stereocenters. The van der Waals surface area contributed by atoms with Gasteiger partial charge < -0.3 is 0 Å². The van der Waals surface area contributed by atoms with Crippen molar-refractivity contribution in [1.29, 1.82) is 0 Å². The van der Waals surface area contributed by atoms with Gasteiger partial charge in [-0.3, -0.25) is 0 Å². The fraction of sp³-hybridized carbons (Fsp3) is 0.545. The van der Waals surface area contributed by atoms with E-state index in [-0.39, 0.29) is 0 Å². The summed E-state index contributed by atoms with van der Waals surface area (Å²) in [6.45, 7) is 2.29. The van der Waals surface area contributed by atoms with E-state index >= 15 is 0 Å². The molecule has 0 aliphatic carbocycles. The van der Waals surface area contributed by atoms with E-state index in [2.05, 4.69) is 49.4 Å². The van der Waals surface area contributed by atoms with Crippen LogP contribution in [0.2, 0.25) is 0 Å².